The van der Waals surface area contributed by atoms with E-state index in [1.54, 1.807) is 0 Å². The van der Waals surface area contributed by atoms with Gasteiger partial charge in [0.05, 0.1) is 0 Å². The molecule has 0 saturated carbocycles. The summed E-state index contributed by atoms with van der Waals surface area (Å²) in [5.41, 5.74) is 7.13. The molecule has 0 saturated heterocycles. The zero-order chi connectivity index (χ0) is 10.0. The summed E-state index contributed by atoms with van der Waals surface area (Å²) in [5, 5.41) is 0. The molecule has 1 aromatic carbocycles. The van der Waals surface area contributed by atoms with E-state index in [0.29, 0.717) is 0 Å². The summed E-state index contributed by atoms with van der Waals surface area (Å²) in [6, 6.07) is 2.28. The van der Waals surface area contributed by atoms with Gasteiger partial charge in [0.15, 0.2) is 0 Å². The van der Waals surface area contributed by atoms with E-state index in [1.807, 2.05) is 0 Å². The maximum Gasteiger partial charge on any atom is -0.00902 e. The van der Waals surface area contributed by atoms with Gasteiger partial charge >= 0.3 is 0 Å². The normalized spacial score (nSPS) is 10.5. The molecule has 1 rings (SSSR count). The van der Waals surface area contributed by atoms with Crippen molar-refractivity contribution in [3.05, 3.63) is 40.3 Å². The highest BCUT2D eigenvalue weighted by molar-refractivity contribution is 5.47. The van der Waals surface area contributed by atoms with Crippen molar-refractivity contribution >= 4 is 0 Å². The Bertz CT molecular complexity index is 282. The number of benzene rings is 1. The van der Waals surface area contributed by atoms with Crippen LogP contribution in [0.3, 0.4) is 0 Å². The molecule has 0 spiro atoms. The average molecular weight is 175 g/mol. The zero-order valence-corrected chi connectivity index (χ0v) is 9.36. The molecular formula is C13H19. The Labute approximate surface area is 82.0 Å². The van der Waals surface area contributed by atoms with Crippen LogP contribution >= 0.6 is 0 Å². The molecule has 0 fully saturated rings. The van der Waals surface area contributed by atoms with Crippen molar-refractivity contribution in [3.63, 3.8) is 0 Å². The van der Waals surface area contributed by atoms with Crippen LogP contribution in [0.5, 0.6) is 0 Å². The van der Waals surface area contributed by atoms with Crippen LogP contribution in [0.4, 0.5) is 0 Å². The van der Waals surface area contributed by atoms with Gasteiger partial charge in [0.25, 0.3) is 0 Å². The second-order valence-corrected chi connectivity index (χ2v) is 3.79. The average Bonchev–Trinajstić information content (AvgIpc) is 2.09. The molecule has 0 nitrogen and oxygen atoms in total. The minimum atomic E-state index is 1.12. The molecule has 1 aromatic rings. The first-order valence-electron chi connectivity index (χ1n) is 4.98. The Kier molecular flexibility index (Phi) is 3.13. The molecule has 0 aliphatic heterocycles. The van der Waals surface area contributed by atoms with Crippen molar-refractivity contribution in [1.29, 1.82) is 0 Å². The highest BCUT2D eigenvalue weighted by Gasteiger charge is 2.06. The summed E-state index contributed by atoms with van der Waals surface area (Å²) in [6.45, 7) is 11.0. The van der Waals surface area contributed by atoms with Crippen LogP contribution < -0.4 is 0 Å². The molecule has 0 aliphatic rings. The molecule has 0 aliphatic carbocycles. The van der Waals surface area contributed by atoms with Crippen molar-refractivity contribution in [2.24, 2.45) is 0 Å². The summed E-state index contributed by atoms with van der Waals surface area (Å²) in [7, 11) is 0. The number of aryl methyl sites for hydroxylation is 2. The molecule has 13 heavy (non-hydrogen) atoms. The van der Waals surface area contributed by atoms with Crippen LogP contribution in [-0.4, -0.2) is 0 Å². The summed E-state index contributed by atoms with van der Waals surface area (Å²) >= 11 is 0. The highest BCUT2D eigenvalue weighted by Crippen LogP contribution is 2.23. The maximum atomic E-state index is 2.32. The summed E-state index contributed by atoms with van der Waals surface area (Å²) in [6.07, 6.45) is 3.44. The zero-order valence-electron chi connectivity index (χ0n) is 9.36. The smallest absolute Gasteiger partial charge is 0.00902 e. The van der Waals surface area contributed by atoms with Gasteiger partial charge in [-0.2, -0.15) is 0 Å². The van der Waals surface area contributed by atoms with Gasteiger partial charge in [0.2, 0.25) is 0 Å². The molecular weight excluding hydrogens is 156 g/mol. The van der Waals surface area contributed by atoms with Gasteiger partial charge in [0.1, 0.15) is 0 Å². The molecule has 0 N–H and O–H groups in total. The van der Waals surface area contributed by atoms with E-state index in [2.05, 4.69) is 47.1 Å². The standard InChI is InChI=1S/C13H19/c1-6-7-13-11(4)9(2)8-10(3)12(13)5/h7-8H,6H2,1-5H3. The predicted octanol–water partition coefficient (Wildman–Crippen LogP) is 3.88. The van der Waals surface area contributed by atoms with Gasteiger partial charge in [-0.3, -0.25) is 0 Å². The van der Waals surface area contributed by atoms with E-state index in [-0.39, 0.29) is 0 Å². The molecule has 0 aromatic heterocycles. The summed E-state index contributed by atoms with van der Waals surface area (Å²) in [4.78, 5) is 0. The van der Waals surface area contributed by atoms with Crippen LogP contribution in [0.1, 0.15) is 41.2 Å². The van der Waals surface area contributed by atoms with E-state index in [9.17, 15) is 0 Å². The lowest BCUT2D eigenvalue weighted by atomic mass is 9.92. The second kappa shape index (κ2) is 3.95. The van der Waals surface area contributed by atoms with Crippen molar-refractivity contribution in [1.82, 2.24) is 0 Å². The molecule has 1 radical (unpaired) electrons. The largest absolute Gasteiger partial charge is 0.0648 e. The summed E-state index contributed by atoms with van der Waals surface area (Å²) in [5.74, 6) is 0. The monoisotopic (exact) mass is 175 g/mol. The van der Waals surface area contributed by atoms with Gasteiger partial charge < -0.3 is 0 Å². The molecule has 0 atom stereocenters. The molecule has 71 valence electrons. The maximum absolute atomic E-state index is 2.32. The first-order valence-corrected chi connectivity index (χ1v) is 4.98. The van der Waals surface area contributed by atoms with E-state index < -0.39 is 0 Å². The lowest BCUT2D eigenvalue weighted by Crippen LogP contribution is -1.97. The Hall–Kier alpha value is -0.780. The lowest BCUT2D eigenvalue weighted by Gasteiger charge is -2.14. The molecule has 0 bridgehead atoms. The van der Waals surface area contributed by atoms with Crippen LogP contribution in [0, 0.1) is 34.1 Å². The Morgan fingerprint density at radius 2 is 1.46 bits per heavy atom. The van der Waals surface area contributed by atoms with E-state index in [4.69, 9.17) is 0 Å². The Morgan fingerprint density at radius 1 is 1.00 bits per heavy atom. The van der Waals surface area contributed by atoms with Crippen molar-refractivity contribution in [2.45, 2.75) is 41.0 Å². The first kappa shape index (κ1) is 10.3. The van der Waals surface area contributed by atoms with Gasteiger partial charge in [-0.15, -0.1) is 0 Å². The SMILES string of the molecule is CC[CH]c1c(C)c(C)cc(C)c1C. The fraction of sp³-hybridized carbons (Fsp3) is 0.462. The van der Waals surface area contributed by atoms with Gasteiger partial charge in [-0.1, -0.05) is 13.0 Å². The van der Waals surface area contributed by atoms with Crippen molar-refractivity contribution in [2.75, 3.05) is 0 Å². The van der Waals surface area contributed by atoms with Gasteiger partial charge in [-0.05, 0) is 68.4 Å². The fourth-order valence-electron chi connectivity index (χ4n) is 1.76. The van der Waals surface area contributed by atoms with Crippen LogP contribution in [0.25, 0.3) is 0 Å². The quantitative estimate of drug-likeness (QED) is 0.640. The van der Waals surface area contributed by atoms with Gasteiger partial charge in [0, 0.05) is 0 Å². The highest BCUT2D eigenvalue weighted by atomic mass is 14.1. The number of hydrogen-bond donors (Lipinski definition) is 0. The second-order valence-electron chi connectivity index (χ2n) is 3.79. The number of hydrogen-bond acceptors (Lipinski definition) is 0. The van der Waals surface area contributed by atoms with E-state index in [0.717, 1.165) is 6.42 Å². The number of rotatable bonds is 2. The minimum absolute atomic E-state index is 1.12. The first-order chi connectivity index (χ1) is 6.07. The predicted molar refractivity (Wildman–Crippen MR) is 59.1 cm³/mol. The third-order valence-electron chi connectivity index (χ3n) is 2.83. The Balaban J connectivity index is 3.28. The van der Waals surface area contributed by atoms with Crippen molar-refractivity contribution in [3.8, 4) is 0 Å². The van der Waals surface area contributed by atoms with Crippen molar-refractivity contribution < 1.29 is 0 Å². The molecule has 0 unspecified atom stereocenters. The molecule has 0 heterocycles. The molecule has 0 heteroatoms. The van der Waals surface area contributed by atoms with E-state index >= 15 is 0 Å². The topological polar surface area (TPSA) is 0 Å². The third-order valence-corrected chi connectivity index (χ3v) is 2.83. The van der Waals surface area contributed by atoms with E-state index in [1.165, 1.54) is 27.8 Å². The fourth-order valence-corrected chi connectivity index (χ4v) is 1.76. The van der Waals surface area contributed by atoms with Crippen LogP contribution in [0.2, 0.25) is 0 Å². The minimum Gasteiger partial charge on any atom is -0.0648 e. The van der Waals surface area contributed by atoms with Gasteiger partial charge in [-0.25, -0.2) is 0 Å². The van der Waals surface area contributed by atoms with Crippen LogP contribution in [0.15, 0.2) is 6.07 Å². The van der Waals surface area contributed by atoms with Crippen LogP contribution in [-0.2, 0) is 0 Å². The Morgan fingerprint density at radius 3 is 1.85 bits per heavy atom. The lowest BCUT2D eigenvalue weighted by molar-refractivity contribution is 1.07. The third kappa shape index (κ3) is 1.93. The summed E-state index contributed by atoms with van der Waals surface area (Å²) < 4.78 is 0. The molecule has 0 amide bonds.